The van der Waals surface area contributed by atoms with Gasteiger partial charge in [-0.25, -0.2) is 8.42 Å². The van der Waals surface area contributed by atoms with Crippen LogP contribution >= 0.6 is 22.9 Å². The SMILES string of the molecule is COc1cc(Cl)ccc1C(=O)NCc1ccc(S(=O)(=O)N2CCCC2)s1. The van der Waals surface area contributed by atoms with Crippen molar-refractivity contribution in [1.29, 1.82) is 0 Å². The number of carbonyl (C=O) groups excluding carboxylic acids is 1. The molecular weight excluding hydrogens is 396 g/mol. The Kier molecular flexibility index (Phi) is 5.86. The Morgan fingerprint density at radius 1 is 1.27 bits per heavy atom. The minimum absolute atomic E-state index is 0.241. The number of nitrogens with one attached hydrogen (secondary N) is 1. The van der Waals surface area contributed by atoms with Gasteiger partial charge in [0.2, 0.25) is 0 Å². The Labute approximate surface area is 161 Å². The summed E-state index contributed by atoms with van der Waals surface area (Å²) in [5.41, 5.74) is 0.373. The predicted molar refractivity (Wildman–Crippen MR) is 101 cm³/mol. The zero-order valence-corrected chi connectivity index (χ0v) is 16.6. The minimum atomic E-state index is -3.42. The van der Waals surface area contributed by atoms with E-state index in [1.807, 2.05) is 0 Å². The van der Waals surface area contributed by atoms with Crippen LogP contribution in [0.4, 0.5) is 0 Å². The molecule has 0 aliphatic carbocycles. The number of rotatable bonds is 6. The van der Waals surface area contributed by atoms with Gasteiger partial charge in [0.15, 0.2) is 0 Å². The second-order valence-corrected chi connectivity index (χ2v) is 9.63. The summed E-state index contributed by atoms with van der Waals surface area (Å²) in [5.74, 6) is 0.0781. The fourth-order valence-electron chi connectivity index (χ4n) is 2.76. The van der Waals surface area contributed by atoms with Crippen molar-refractivity contribution in [3.05, 3.63) is 45.8 Å². The van der Waals surface area contributed by atoms with Gasteiger partial charge in [0.1, 0.15) is 9.96 Å². The molecule has 140 valence electrons. The van der Waals surface area contributed by atoms with Gasteiger partial charge in [-0.2, -0.15) is 4.31 Å². The summed E-state index contributed by atoms with van der Waals surface area (Å²) >= 11 is 7.08. The molecule has 1 aromatic heterocycles. The number of nitrogens with zero attached hydrogens (tertiary/aromatic N) is 1. The number of thiophene rings is 1. The molecule has 2 aromatic rings. The maximum Gasteiger partial charge on any atom is 0.255 e. The van der Waals surface area contributed by atoms with Gasteiger partial charge in [-0.15, -0.1) is 11.3 Å². The van der Waals surface area contributed by atoms with Crippen LogP contribution in [0.3, 0.4) is 0 Å². The van der Waals surface area contributed by atoms with Crippen molar-refractivity contribution >= 4 is 38.9 Å². The molecule has 1 amide bonds. The molecule has 0 atom stereocenters. The third kappa shape index (κ3) is 4.03. The quantitative estimate of drug-likeness (QED) is 0.787. The summed E-state index contributed by atoms with van der Waals surface area (Å²) in [5, 5.41) is 3.26. The molecule has 0 radical (unpaired) electrons. The van der Waals surface area contributed by atoms with Crippen molar-refractivity contribution in [1.82, 2.24) is 9.62 Å². The first kappa shape index (κ1) is 19.2. The summed E-state index contributed by atoms with van der Waals surface area (Å²) in [6.45, 7) is 1.39. The van der Waals surface area contributed by atoms with Gasteiger partial charge in [-0.1, -0.05) is 11.6 Å². The number of amides is 1. The van der Waals surface area contributed by atoms with Crippen LogP contribution in [0.2, 0.25) is 5.02 Å². The van der Waals surface area contributed by atoms with Crippen LogP contribution in [-0.2, 0) is 16.6 Å². The molecule has 1 aliphatic rings. The smallest absolute Gasteiger partial charge is 0.255 e. The van der Waals surface area contributed by atoms with E-state index in [9.17, 15) is 13.2 Å². The molecule has 0 spiro atoms. The first-order chi connectivity index (χ1) is 12.4. The first-order valence-electron chi connectivity index (χ1n) is 8.12. The van der Waals surface area contributed by atoms with Crippen molar-refractivity contribution in [2.45, 2.75) is 23.6 Å². The van der Waals surface area contributed by atoms with E-state index in [1.54, 1.807) is 30.3 Å². The summed E-state index contributed by atoms with van der Waals surface area (Å²) in [6.07, 6.45) is 1.80. The molecule has 1 saturated heterocycles. The van der Waals surface area contributed by atoms with E-state index >= 15 is 0 Å². The lowest BCUT2D eigenvalue weighted by Gasteiger charge is -2.13. The second-order valence-electron chi connectivity index (χ2n) is 5.86. The van der Waals surface area contributed by atoms with Gasteiger partial charge in [0, 0.05) is 23.0 Å². The van der Waals surface area contributed by atoms with E-state index in [-0.39, 0.29) is 12.5 Å². The van der Waals surface area contributed by atoms with Crippen molar-refractivity contribution in [3.63, 3.8) is 0 Å². The lowest BCUT2D eigenvalue weighted by molar-refractivity contribution is 0.0948. The molecule has 1 aliphatic heterocycles. The van der Waals surface area contributed by atoms with Crippen molar-refractivity contribution in [2.24, 2.45) is 0 Å². The molecular formula is C17H19ClN2O4S2. The summed E-state index contributed by atoms with van der Waals surface area (Å²) in [6, 6.07) is 8.11. The number of benzene rings is 1. The van der Waals surface area contributed by atoms with Crippen molar-refractivity contribution in [3.8, 4) is 5.75 Å². The normalized spacial score (nSPS) is 15.2. The number of methoxy groups -OCH3 is 1. The number of sulfonamides is 1. The van der Waals surface area contributed by atoms with Crippen LogP contribution < -0.4 is 10.1 Å². The third-order valence-corrected chi connectivity index (χ3v) is 7.81. The van der Waals surface area contributed by atoms with Crippen LogP contribution in [0.15, 0.2) is 34.5 Å². The van der Waals surface area contributed by atoms with E-state index < -0.39 is 10.0 Å². The fraction of sp³-hybridized carbons (Fsp3) is 0.353. The third-order valence-electron chi connectivity index (χ3n) is 4.13. The number of hydrogen-bond acceptors (Lipinski definition) is 5. The molecule has 26 heavy (non-hydrogen) atoms. The number of ether oxygens (including phenoxy) is 1. The maximum atomic E-state index is 12.5. The fourth-order valence-corrected chi connectivity index (χ4v) is 5.89. The van der Waals surface area contributed by atoms with Crippen LogP contribution in [0.5, 0.6) is 5.75 Å². The molecule has 9 heteroatoms. The van der Waals surface area contributed by atoms with Crippen LogP contribution in [0.25, 0.3) is 0 Å². The first-order valence-corrected chi connectivity index (χ1v) is 10.8. The topological polar surface area (TPSA) is 75.7 Å². The molecule has 2 heterocycles. The van der Waals surface area contributed by atoms with Gasteiger partial charge in [0.05, 0.1) is 19.2 Å². The van der Waals surface area contributed by atoms with E-state index in [0.29, 0.717) is 33.6 Å². The summed E-state index contributed by atoms with van der Waals surface area (Å²) < 4.78 is 32.1. The standard InChI is InChI=1S/C17H19ClN2O4S2/c1-24-15-10-12(18)4-6-14(15)17(21)19-11-13-5-7-16(25-13)26(22,23)20-8-2-3-9-20/h4-7,10H,2-3,8-9,11H2,1H3,(H,19,21). The van der Waals surface area contributed by atoms with E-state index in [4.69, 9.17) is 16.3 Å². The maximum absolute atomic E-state index is 12.5. The molecule has 0 unspecified atom stereocenters. The van der Waals surface area contributed by atoms with E-state index in [2.05, 4.69) is 5.32 Å². The molecule has 6 nitrogen and oxygen atoms in total. The van der Waals surface area contributed by atoms with Crippen LogP contribution in [0, 0.1) is 0 Å². The minimum Gasteiger partial charge on any atom is -0.496 e. The average molecular weight is 415 g/mol. The predicted octanol–water partition coefficient (Wildman–Crippen LogP) is 3.12. The Balaban J connectivity index is 1.67. The highest BCUT2D eigenvalue weighted by atomic mass is 35.5. The highest BCUT2D eigenvalue weighted by Crippen LogP contribution is 2.28. The van der Waals surface area contributed by atoms with Crippen molar-refractivity contribution in [2.75, 3.05) is 20.2 Å². The Hall–Kier alpha value is -1.61. The van der Waals surface area contributed by atoms with Gasteiger partial charge in [0.25, 0.3) is 15.9 Å². The largest absolute Gasteiger partial charge is 0.496 e. The molecule has 0 bridgehead atoms. The van der Waals surface area contributed by atoms with Gasteiger partial charge >= 0.3 is 0 Å². The monoisotopic (exact) mass is 414 g/mol. The Morgan fingerprint density at radius 3 is 2.69 bits per heavy atom. The number of hydrogen-bond donors (Lipinski definition) is 1. The van der Waals surface area contributed by atoms with E-state index in [0.717, 1.165) is 17.7 Å². The lowest BCUT2D eigenvalue weighted by Crippen LogP contribution is -2.27. The Bertz CT molecular complexity index is 905. The molecule has 3 rings (SSSR count). The Morgan fingerprint density at radius 2 is 2.00 bits per heavy atom. The van der Waals surface area contributed by atoms with Crippen LogP contribution in [-0.4, -0.2) is 38.8 Å². The van der Waals surface area contributed by atoms with Crippen molar-refractivity contribution < 1.29 is 17.9 Å². The molecule has 1 aromatic carbocycles. The zero-order chi connectivity index (χ0) is 18.7. The number of carbonyl (C=O) groups is 1. The average Bonchev–Trinajstić information content (AvgIpc) is 3.31. The van der Waals surface area contributed by atoms with E-state index in [1.165, 1.54) is 22.8 Å². The molecule has 0 saturated carbocycles. The second kappa shape index (κ2) is 7.96. The highest BCUT2D eigenvalue weighted by molar-refractivity contribution is 7.91. The lowest BCUT2D eigenvalue weighted by atomic mass is 10.2. The number of halogens is 1. The summed E-state index contributed by atoms with van der Waals surface area (Å²) in [7, 11) is -1.95. The molecule has 1 fully saturated rings. The van der Waals surface area contributed by atoms with Gasteiger partial charge in [-0.05, 0) is 43.2 Å². The van der Waals surface area contributed by atoms with Gasteiger partial charge < -0.3 is 10.1 Å². The van der Waals surface area contributed by atoms with Crippen LogP contribution in [0.1, 0.15) is 28.1 Å². The highest BCUT2D eigenvalue weighted by Gasteiger charge is 2.28. The van der Waals surface area contributed by atoms with Gasteiger partial charge in [-0.3, -0.25) is 4.79 Å². The zero-order valence-electron chi connectivity index (χ0n) is 14.2. The summed E-state index contributed by atoms with van der Waals surface area (Å²) in [4.78, 5) is 13.1. The molecule has 1 N–H and O–H groups in total.